The fourth-order valence-corrected chi connectivity index (χ4v) is 1.51. The van der Waals surface area contributed by atoms with E-state index in [1.54, 1.807) is 6.34 Å². The first kappa shape index (κ1) is 10.2. The van der Waals surface area contributed by atoms with Gasteiger partial charge in [0.1, 0.15) is 6.34 Å². The first-order chi connectivity index (χ1) is 5.97. The van der Waals surface area contributed by atoms with E-state index >= 15 is 0 Å². The molecule has 0 fully saturated rings. The standard InChI is InChI=1S/C11H18N2/c1-8(2)11(5)6-9(3)12-7-13-10(11)4/h6-8H,1-5H3. The summed E-state index contributed by atoms with van der Waals surface area (Å²) in [4.78, 5) is 8.52. The molecule has 0 N–H and O–H groups in total. The van der Waals surface area contributed by atoms with Gasteiger partial charge < -0.3 is 0 Å². The van der Waals surface area contributed by atoms with Crippen molar-refractivity contribution in [1.29, 1.82) is 0 Å². The van der Waals surface area contributed by atoms with Crippen LogP contribution in [0.25, 0.3) is 0 Å². The van der Waals surface area contributed by atoms with Crippen molar-refractivity contribution in [2.45, 2.75) is 34.6 Å². The Labute approximate surface area is 80.5 Å². The van der Waals surface area contributed by atoms with Crippen LogP contribution in [0.4, 0.5) is 0 Å². The van der Waals surface area contributed by atoms with Crippen LogP contribution in [0, 0.1) is 11.3 Å². The number of aliphatic imine (C=N–C) groups is 2. The summed E-state index contributed by atoms with van der Waals surface area (Å²) in [5, 5.41) is 0. The highest BCUT2D eigenvalue weighted by molar-refractivity contribution is 5.95. The Hall–Kier alpha value is -0.920. The Balaban J connectivity index is 3.15. The normalized spacial score (nSPS) is 28.5. The Morgan fingerprint density at radius 3 is 2.46 bits per heavy atom. The molecule has 1 aliphatic rings. The molecule has 0 saturated heterocycles. The molecule has 1 aliphatic heterocycles. The van der Waals surface area contributed by atoms with Gasteiger partial charge in [-0.05, 0) is 19.8 Å². The van der Waals surface area contributed by atoms with E-state index in [4.69, 9.17) is 0 Å². The summed E-state index contributed by atoms with van der Waals surface area (Å²) in [6.45, 7) is 10.7. The highest BCUT2D eigenvalue weighted by atomic mass is 14.9. The summed E-state index contributed by atoms with van der Waals surface area (Å²) in [6, 6.07) is 0. The largest absolute Gasteiger partial charge is 0.245 e. The van der Waals surface area contributed by atoms with Crippen molar-refractivity contribution >= 4 is 12.1 Å². The lowest BCUT2D eigenvalue weighted by atomic mass is 9.75. The summed E-state index contributed by atoms with van der Waals surface area (Å²) in [6.07, 6.45) is 3.86. The molecule has 72 valence electrons. The minimum atomic E-state index is 0.0561. The molecule has 2 nitrogen and oxygen atoms in total. The molecule has 1 atom stereocenters. The number of allylic oxidation sites excluding steroid dienone is 2. The Kier molecular flexibility index (Phi) is 2.69. The lowest BCUT2D eigenvalue weighted by Crippen LogP contribution is -2.29. The predicted molar refractivity (Wildman–Crippen MR) is 58.3 cm³/mol. The third-order valence-electron chi connectivity index (χ3n) is 3.00. The van der Waals surface area contributed by atoms with E-state index in [1.165, 1.54) is 0 Å². The van der Waals surface area contributed by atoms with Crippen LogP contribution in [-0.4, -0.2) is 12.1 Å². The molecule has 0 saturated carbocycles. The fourth-order valence-electron chi connectivity index (χ4n) is 1.51. The molecule has 2 heteroatoms. The van der Waals surface area contributed by atoms with Gasteiger partial charge in [-0.3, -0.25) is 0 Å². The quantitative estimate of drug-likeness (QED) is 0.589. The average Bonchev–Trinajstić information content (AvgIpc) is 2.13. The second-order valence-corrected chi connectivity index (χ2v) is 4.18. The van der Waals surface area contributed by atoms with Gasteiger partial charge in [0.15, 0.2) is 0 Å². The molecular weight excluding hydrogens is 160 g/mol. The van der Waals surface area contributed by atoms with Gasteiger partial charge in [0, 0.05) is 16.8 Å². The van der Waals surface area contributed by atoms with Gasteiger partial charge >= 0.3 is 0 Å². The third kappa shape index (κ3) is 1.87. The van der Waals surface area contributed by atoms with Gasteiger partial charge in [-0.25, -0.2) is 9.98 Å². The molecule has 1 heterocycles. The summed E-state index contributed by atoms with van der Waals surface area (Å²) < 4.78 is 0. The van der Waals surface area contributed by atoms with E-state index in [2.05, 4.69) is 43.8 Å². The highest BCUT2D eigenvalue weighted by Crippen LogP contribution is 2.32. The fraction of sp³-hybridized carbons (Fsp3) is 0.636. The maximum atomic E-state index is 4.32. The van der Waals surface area contributed by atoms with Crippen molar-refractivity contribution in [3.63, 3.8) is 0 Å². The number of nitrogens with zero attached hydrogens (tertiary/aromatic N) is 2. The zero-order valence-electron chi connectivity index (χ0n) is 9.13. The maximum absolute atomic E-state index is 4.32. The van der Waals surface area contributed by atoms with Crippen LogP contribution in [0.5, 0.6) is 0 Å². The van der Waals surface area contributed by atoms with Gasteiger partial charge in [0.25, 0.3) is 0 Å². The molecule has 1 rings (SSSR count). The lowest BCUT2D eigenvalue weighted by molar-refractivity contribution is 0.411. The number of rotatable bonds is 1. The summed E-state index contributed by atoms with van der Waals surface area (Å²) >= 11 is 0. The van der Waals surface area contributed by atoms with Crippen molar-refractivity contribution in [1.82, 2.24) is 0 Å². The van der Waals surface area contributed by atoms with E-state index in [-0.39, 0.29) is 5.41 Å². The van der Waals surface area contributed by atoms with E-state index in [1.807, 2.05) is 6.92 Å². The molecule has 0 bridgehead atoms. The molecule has 13 heavy (non-hydrogen) atoms. The molecule has 0 spiro atoms. The van der Waals surface area contributed by atoms with Gasteiger partial charge in [-0.1, -0.05) is 26.8 Å². The third-order valence-corrected chi connectivity index (χ3v) is 3.00. The molecule has 0 aromatic carbocycles. The predicted octanol–water partition coefficient (Wildman–Crippen LogP) is 3.06. The van der Waals surface area contributed by atoms with Crippen molar-refractivity contribution < 1.29 is 0 Å². The average molecular weight is 178 g/mol. The maximum Gasteiger partial charge on any atom is 0.115 e. The van der Waals surface area contributed by atoms with Gasteiger partial charge in [0.2, 0.25) is 0 Å². The van der Waals surface area contributed by atoms with Crippen molar-refractivity contribution in [3.8, 4) is 0 Å². The molecule has 0 radical (unpaired) electrons. The zero-order chi connectivity index (χ0) is 10.1. The molecule has 0 aliphatic carbocycles. The van der Waals surface area contributed by atoms with Gasteiger partial charge in [-0.2, -0.15) is 0 Å². The first-order valence-corrected chi connectivity index (χ1v) is 4.73. The summed E-state index contributed by atoms with van der Waals surface area (Å²) in [7, 11) is 0. The Bertz CT molecular complexity index is 284. The smallest absolute Gasteiger partial charge is 0.115 e. The van der Waals surface area contributed by atoms with Crippen LogP contribution in [0.15, 0.2) is 21.8 Å². The number of hydrogen-bond acceptors (Lipinski definition) is 2. The van der Waals surface area contributed by atoms with Crippen LogP contribution in [-0.2, 0) is 0 Å². The van der Waals surface area contributed by atoms with E-state index < -0.39 is 0 Å². The van der Waals surface area contributed by atoms with Crippen molar-refractivity contribution in [2.24, 2.45) is 21.3 Å². The topological polar surface area (TPSA) is 24.7 Å². The van der Waals surface area contributed by atoms with Crippen LogP contribution < -0.4 is 0 Å². The SMILES string of the molecule is CC1=CC(C)(C(C)C)C(C)=NC=N1. The van der Waals surface area contributed by atoms with E-state index in [0.717, 1.165) is 11.4 Å². The van der Waals surface area contributed by atoms with Crippen LogP contribution in [0.1, 0.15) is 34.6 Å². The minimum Gasteiger partial charge on any atom is -0.245 e. The summed E-state index contributed by atoms with van der Waals surface area (Å²) in [5.74, 6) is 0.549. The van der Waals surface area contributed by atoms with Crippen molar-refractivity contribution in [2.75, 3.05) is 0 Å². The van der Waals surface area contributed by atoms with Crippen LogP contribution in [0.3, 0.4) is 0 Å². The second kappa shape index (κ2) is 3.44. The van der Waals surface area contributed by atoms with Crippen LogP contribution in [0.2, 0.25) is 0 Å². The monoisotopic (exact) mass is 178 g/mol. The highest BCUT2D eigenvalue weighted by Gasteiger charge is 2.30. The molecule has 0 aromatic rings. The Morgan fingerprint density at radius 1 is 1.31 bits per heavy atom. The lowest BCUT2D eigenvalue weighted by Gasteiger charge is -2.30. The molecule has 0 amide bonds. The van der Waals surface area contributed by atoms with E-state index in [9.17, 15) is 0 Å². The number of hydrogen-bond donors (Lipinski definition) is 0. The van der Waals surface area contributed by atoms with E-state index in [0.29, 0.717) is 5.92 Å². The molecule has 0 aromatic heterocycles. The zero-order valence-corrected chi connectivity index (χ0v) is 9.13. The minimum absolute atomic E-state index is 0.0561. The van der Waals surface area contributed by atoms with Crippen LogP contribution >= 0.6 is 0 Å². The van der Waals surface area contributed by atoms with Gasteiger partial charge in [0.05, 0.1) is 0 Å². The second-order valence-electron chi connectivity index (χ2n) is 4.18. The summed E-state index contributed by atoms with van der Waals surface area (Å²) in [5.41, 5.74) is 2.25. The van der Waals surface area contributed by atoms with Crippen molar-refractivity contribution in [3.05, 3.63) is 11.8 Å². The Morgan fingerprint density at radius 2 is 1.92 bits per heavy atom. The first-order valence-electron chi connectivity index (χ1n) is 4.73. The molecule has 1 unspecified atom stereocenters. The van der Waals surface area contributed by atoms with Gasteiger partial charge in [-0.15, -0.1) is 0 Å². The molecular formula is C11H18N2.